The normalized spacial score (nSPS) is 23.8. The highest BCUT2D eigenvalue weighted by atomic mass is 16.5. The van der Waals surface area contributed by atoms with Crippen LogP contribution in [0.5, 0.6) is 0 Å². The van der Waals surface area contributed by atoms with Crippen LogP contribution in [0.15, 0.2) is 4.42 Å². The Morgan fingerprint density at radius 2 is 2.05 bits per heavy atom. The molecule has 0 saturated carbocycles. The van der Waals surface area contributed by atoms with Crippen LogP contribution in [0.3, 0.4) is 0 Å². The molecule has 0 aromatic carbocycles. The summed E-state index contributed by atoms with van der Waals surface area (Å²) < 4.78 is 16.3. The highest BCUT2D eigenvalue weighted by Crippen LogP contribution is 2.18. The Morgan fingerprint density at radius 3 is 2.74 bits per heavy atom. The molecule has 2 atom stereocenters. The van der Waals surface area contributed by atoms with Crippen LogP contribution in [0, 0.1) is 0 Å². The zero-order valence-electron chi connectivity index (χ0n) is 11.8. The lowest BCUT2D eigenvalue weighted by Gasteiger charge is -2.33. The second-order valence-corrected chi connectivity index (χ2v) is 4.81. The van der Waals surface area contributed by atoms with E-state index in [1.54, 1.807) is 7.11 Å². The van der Waals surface area contributed by atoms with E-state index in [0.717, 1.165) is 19.6 Å². The standard InChI is InChI=1S/C12H22N4O3/c1-9-7-16(8-10(2)18-9)12-15-14-11(19-12)6-13-4-5-17-3/h9-10,13H,4-8H2,1-3H3/t9-,10+. The van der Waals surface area contributed by atoms with Crippen LogP contribution in [-0.2, 0) is 16.0 Å². The first-order chi connectivity index (χ1) is 9.19. The van der Waals surface area contributed by atoms with Crippen molar-refractivity contribution in [2.24, 2.45) is 0 Å². The third kappa shape index (κ3) is 4.15. The van der Waals surface area contributed by atoms with Gasteiger partial charge in [0.05, 0.1) is 25.4 Å². The quantitative estimate of drug-likeness (QED) is 0.751. The number of hydrogen-bond acceptors (Lipinski definition) is 7. The molecule has 108 valence electrons. The van der Waals surface area contributed by atoms with E-state index in [9.17, 15) is 0 Å². The molecule has 0 aliphatic carbocycles. The number of rotatable bonds is 6. The summed E-state index contributed by atoms with van der Waals surface area (Å²) >= 11 is 0. The van der Waals surface area contributed by atoms with Gasteiger partial charge in [-0.1, -0.05) is 5.10 Å². The molecule has 1 fully saturated rings. The van der Waals surface area contributed by atoms with E-state index in [1.807, 2.05) is 13.8 Å². The fraction of sp³-hybridized carbons (Fsp3) is 0.833. The lowest BCUT2D eigenvalue weighted by molar-refractivity contribution is -0.00676. The molecule has 0 bridgehead atoms. The minimum absolute atomic E-state index is 0.180. The van der Waals surface area contributed by atoms with Crippen LogP contribution >= 0.6 is 0 Å². The highest BCUT2D eigenvalue weighted by molar-refractivity contribution is 5.25. The van der Waals surface area contributed by atoms with Crippen molar-refractivity contribution in [3.63, 3.8) is 0 Å². The van der Waals surface area contributed by atoms with Crippen molar-refractivity contribution in [3.8, 4) is 0 Å². The average molecular weight is 270 g/mol. The van der Waals surface area contributed by atoms with Crippen LogP contribution in [0.2, 0.25) is 0 Å². The van der Waals surface area contributed by atoms with E-state index in [4.69, 9.17) is 13.9 Å². The Bertz CT molecular complexity index is 375. The molecule has 1 aromatic rings. The van der Waals surface area contributed by atoms with Gasteiger partial charge in [0, 0.05) is 26.7 Å². The molecule has 7 heteroatoms. The number of anilines is 1. The largest absolute Gasteiger partial charge is 0.407 e. The zero-order chi connectivity index (χ0) is 13.7. The minimum Gasteiger partial charge on any atom is -0.407 e. The number of hydrogen-bond donors (Lipinski definition) is 1. The molecule has 1 aliphatic heterocycles. The van der Waals surface area contributed by atoms with E-state index < -0.39 is 0 Å². The topological polar surface area (TPSA) is 72.7 Å². The van der Waals surface area contributed by atoms with E-state index in [1.165, 1.54) is 0 Å². The smallest absolute Gasteiger partial charge is 0.318 e. The van der Waals surface area contributed by atoms with Gasteiger partial charge in [0.1, 0.15) is 0 Å². The monoisotopic (exact) mass is 270 g/mol. The van der Waals surface area contributed by atoms with Gasteiger partial charge in [0.15, 0.2) is 0 Å². The Labute approximate surface area is 113 Å². The van der Waals surface area contributed by atoms with Crippen LogP contribution in [0.25, 0.3) is 0 Å². The lowest BCUT2D eigenvalue weighted by Crippen LogP contribution is -2.45. The summed E-state index contributed by atoms with van der Waals surface area (Å²) in [7, 11) is 1.67. The number of ether oxygens (including phenoxy) is 2. The Kier molecular flexibility index (Phi) is 5.12. The van der Waals surface area contributed by atoms with Gasteiger partial charge in [-0.15, -0.1) is 5.10 Å². The molecule has 2 rings (SSSR count). The number of nitrogens with zero attached hydrogens (tertiary/aromatic N) is 3. The molecule has 1 aliphatic rings. The van der Waals surface area contributed by atoms with Gasteiger partial charge < -0.3 is 24.1 Å². The lowest BCUT2D eigenvalue weighted by atomic mass is 10.2. The summed E-state index contributed by atoms with van der Waals surface area (Å²) in [4.78, 5) is 2.07. The Hall–Kier alpha value is -1.18. The number of methoxy groups -OCH3 is 1. The molecule has 0 amide bonds. The second kappa shape index (κ2) is 6.83. The first-order valence-corrected chi connectivity index (χ1v) is 6.61. The predicted molar refractivity (Wildman–Crippen MR) is 70.1 cm³/mol. The van der Waals surface area contributed by atoms with E-state index in [2.05, 4.69) is 20.4 Å². The van der Waals surface area contributed by atoms with Gasteiger partial charge in [-0.25, -0.2) is 0 Å². The highest BCUT2D eigenvalue weighted by Gasteiger charge is 2.25. The summed E-state index contributed by atoms with van der Waals surface area (Å²) in [5.74, 6) is 0.595. The first kappa shape index (κ1) is 14.2. The Balaban J connectivity index is 1.85. The Morgan fingerprint density at radius 1 is 1.32 bits per heavy atom. The molecular formula is C12H22N4O3. The number of morpholine rings is 1. The summed E-state index contributed by atoms with van der Waals surface area (Å²) in [6.07, 6.45) is 0.359. The fourth-order valence-electron chi connectivity index (χ4n) is 2.15. The second-order valence-electron chi connectivity index (χ2n) is 4.81. The van der Waals surface area contributed by atoms with Gasteiger partial charge >= 0.3 is 6.01 Å². The molecule has 2 heterocycles. The first-order valence-electron chi connectivity index (χ1n) is 6.61. The zero-order valence-corrected chi connectivity index (χ0v) is 11.8. The van der Waals surface area contributed by atoms with Gasteiger partial charge in [-0.05, 0) is 13.8 Å². The molecule has 0 radical (unpaired) electrons. The van der Waals surface area contributed by atoms with Crippen molar-refractivity contribution in [2.45, 2.75) is 32.6 Å². The van der Waals surface area contributed by atoms with Gasteiger partial charge in [-0.2, -0.15) is 0 Å². The maximum absolute atomic E-state index is 5.68. The third-order valence-corrected chi connectivity index (χ3v) is 2.91. The third-order valence-electron chi connectivity index (χ3n) is 2.91. The molecule has 19 heavy (non-hydrogen) atoms. The van der Waals surface area contributed by atoms with Crippen molar-refractivity contribution in [3.05, 3.63) is 5.89 Å². The van der Waals surface area contributed by atoms with Crippen LogP contribution < -0.4 is 10.2 Å². The molecule has 0 unspecified atom stereocenters. The molecule has 0 spiro atoms. The van der Waals surface area contributed by atoms with Crippen molar-refractivity contribution >= 4 is 6.01 Å². The number of aromatic nitrogens is 2. The number of nitrogens with one attached hydrogen (secondary N) is 1. The van der Waals surface area contributed by atoms with Crippen LogP contribution in [-0.4, -0.2) is 55.8 Å². The minimum atomic E-state index is 0.180. The summed E-state index contributed by atoms with van der Waals surface area (Å²) in [6, 6.07) is 0.575. The molecular weight excluding hydrogens is 248 g/mol. The van der Waals surface area contributed by atoms with Crippen molar-refractivity contribution in [1.82, 2.24) is 15.5 Å². The fourth-order valence-corrected chi connectivity index (χ4v) is 2.15. The molecule has 7 nitrogen and oxygen atoms in total. The van der Waals surface area contributed by atoms with Crippen molar-refractivity contribution < 1.29 is 13.9 Å². The van der Waals surface area contributed by atoms with Gasteiger partial charge in [0.25, 0.3) is 0 Å². The van der Waals surface area contributed by atoms with Gasteiger partial charge in [0.2, 0.25) is 5.89 Å². The molecule has 1 saturated heterocycles. The van der Waals surface area contributed by atoms with E-state index in [0.29, 0.717) is 25.1 Å². The van der Waals surface area contributed by atoms with Crippen molar-refractivity contribution in [1.29, 1.82) is 0 Å². The van der Waals surface area contributed by atoms with E-state index >= 15 is 0 Å². The van der Waals surface area contributed by atoms with Gasteiger partial charge in [-0.3, -0.25) is 0 Å². The molecule has 1 N–H and O–H groups in total. The predicted octanol–water partition coefficient (Wildman–Crippen LogP) is 0.419. The summed E-state index contributed by atoms with van der Waals surface area (Å²) in [6.45, 7) is 7.65. The maximum Gasteiger partial charge on any atom is 0.318 e. The van der Waals surface area contributed by atoms with E-state index in [-0.39, 0.29) is 12.2 Å². The van der Waals surface area contributed by atoms with Crippen LogP contribution in [0.1, 0.15) is 19.7 Å². The summed E-state index contributed by atoms with van der Waals surface area (Å²) in [5.41, 5.74) is 0. The SMILES string of the molecule is COCCNCc1nnc(N2C[C@@H](C)O[C@@H](C)C2)o1. The summed E-state index contributed by atoms with van der Waals surface area (Å²) in [5, 5.41) is 11.3. The van der Waals surface area contributed by atoms with Crippen molar-refractivity contribution in [2.75, 3.05) is 38.3 Å². The average Bonchev–Trinajstić information content (AvgIpc) is 2.82. The maximum atomic E-state index is 5.68. The van der Waals surface area contributed by atoms with Crippen LogP contribution in [0.4, 0.5) is 6.01 Å². The molecule has 1 aromatic heterocycles.